The molecule has 0 aromatic carbocycles. The molecule has 0 spiro atoms. The van der Waals surface area contributed by atoms with Gasteiger partial charge in [0.15, 0.2) is 6.61 Å². The number of hydrogen-bond acceptors (Lipinski definition) is 5. The van der Waals surface area contributed by atoms with E-state index in [9.17, 15) is 9.59 Å². The molecule has 2 aliphatic rings. The Balaban J connectivity index is 2.12. The molecular formula is C12H10O4S2. The van der Waals surface area contributed by atoms with Crippen LogP contribution in [-0.2, 0) is 14.3 Å². The Kier molecular flexibility index (Phi) is 4.33. The molecule has 0 atom stereocenters. The number of carboxylic acid groups (broad SMARTS) is 1. The van der Waals surface area contributed by atoms with E-state index in [1.165, 1.54) is 4.91 Å². The number of hydrogen-bond donors (Lipinski definition) is 1. The minimum absolute atomic E-state index is 0.379. The molecule has 6 heteroatoms. The van der Waals surface area contributed by atoms with Gasteiger partial charge in [-0.05, 0) is 23.3 Å². The van der Waals surface area contributed by atoms with Gasteiger partial charge < -0.3 is 9.84 Å². The molecule has 0 aromatic heterocycles. The Hall–Kier alpha value is -1.40. The quantitative estimate of drug-likeness (QED) is 0.803. The van der Waals surface area contributed by atoms with Gasteiger partial charge in [-0.25, -0.2) is 9.59 Å². The first-order valence-corrected chi connectivity index (χ1v) is 6.91. The van der Waals surface area contributed by atoms with Gasteiger partial charge in [-0.3, -0.25) is 0 Å². The predicted molar refractivity (Wildman–Crippen MR) is 71.8 cm³/mol. The smallest absolute Gasteiger partial charge is 0.341 e. The SMILES string of the molecule is O=C(O)COC(=O)C1=CC2=C(CC=C1)SC=CS2. The second-order valence-electron chi connectivity index (χ2n) is 3.47. The summed E-state index contributed by atoms with van der Waals surface area (Å²) in [5.74, 6) is -1.77. The first kappa shape index (κ1) is 13.0. The van der Waals surface area contributed by atoms with Crippen LogP contribution in [0.3, 0.4) is 0 Å². The lowest BCUT2D eigenvalue weighted by Gasteiger charge is -2.09. The van der Waals surface area contributed by atoms with E-state index in [4.69, 9.17) is 5.11 Å². The van der Waals surface area contributed by atoms with Crippen LogP contribution in [0.15, 0.2) is 44.4 Å². The van der Waals surface area contributed by atoms with Crippen LogP contribution >= 0.6 is 23.5 Å². The molecule has 1 N–H and O–H groups in total. The van der Waals surface area contributed by atoms with Crippen LogP contribution in [0.5, 0.6) is 0 Å². The molecule has 4 nitrogen and oxygen atoms in total. The van der Waals surface area contributed by atoms with Gasteiger partial charge >= 0.3 is 11.9 Å². The van der Waals surface area contributed by atoms with Crippen molar-refractivity contribution in [3.63, 3.8) is 0 Å². The third-order valence-corrected chi connectivity index (χ3v) is 4.32. The van der Waals surface area contributed by atoms with Crippen LogP contribution in [0.2, 0.25) is 0 Å². The monoisotopic (exact) mass is 282 g/mol. The minimum Gasteiger partial charge on any atom is -0.479 e. The number of rotatable bonds is 3. The van der Waals surface area contributed by atoms with Gasteiger partial charge in [-0.15, -0.1) is 11.8 Å². The molecule has 1 aliphatic carbocycles. The molecule has 0 amide bonds. The molecule has 0 unspecified atom stereocenters. The maximum Gasteiger partial charge on any atom is 0.341 e. The Morgan fingerprint density at radius 1 is 1.33 bits per heavy atom. The number of thioether (sulfide) groups is 2. The largest absolute Gasteiger partial charge is 0.479 e. The summed E-state index contributed by atoms with van der Waals surface area (Å²) in [5.41, 5.74) is 0.379. The molecule has 2 rings (SSSR count). The van der Waals surface area contributed by atoms with Crippen LogP contribution in [0.4, 0.5) is 0 Å². The third-order valence-electron chi connectivity index (χ3n) is 2.19. The van der Waals surface area contributed by atoms with Crippen molar-refractivity contribution in [1.29, 1.82) is 0 Å². The molecule has 1 heterocycles. The molecule has 0 saturated heterocycles. The van der Waals surface area contributed by atoms with E-state index in [-0.39, 0.29) is 0 Å². The van der Waals surface area contributed by atoms with Gasteiger partial charge in [0.1, 0.15) is 0 Å². The average molecular weight is 282 g/mol. The number of carbonyl (C=O) groups is 2. The topological polar surface area (TPSA) is 63.6 Å². The second kappa shape index (κ2) is 5.97. The lowest BCUT2D eigenvalue weighted by molar-refractivity contribution is -0.152. The lowest BCUT2D eigenvalue weighted by atomic mass is 10.2. The van der Waals surface area contributed by atoms with Gasteiger partial charge in [0, 0.05) is 9.81 Å². The summed E-state index contributed by atoms with van der Waals surface area (Å²) in [6.45, 7) is -0.613. The van der Waals surface area contributed by atoms with Crippen LogP contribution in [0.1, 0.15) is 6.42 Å². The zero-order valence-corrected chi connectivity index (χ0v) is 10.9. The minimum atomic E-state index is -1.16. The summed E-state index contributed by atoms with van der Waals surface area (Å²) in [7, 11) is 0. The fourth-order valence-corrected chi connectivity index (χ4v) is 3.24. The molecule has 0 aromatic rings. The standard InChI is InChI=1S/C12H10O4S2/c13-11(14)7-16-12(15)8-2-1-3-9-10(6-8)18-5-4-17-9/h1-2,4-6H,3,7H2,(H,13,14). The van der Waals surface area contributed by atoms with Crippen molar-refractivity contribution in [1.82, 2.24) is 0 Å². The van der Waals surface area contributed by atoms with Gasteiger partial charge in [-0.1, -0.05) is 23.9 Å². The predicted octanol–water partition coefficient (Wildman–Crippen LogP) is 2.66. The zero-order valence-electron chi connectivity index (χ0n) is 9.29. The van der Waals surface area contributed by atoms with Crippen molar-refractivity contribution in [2.24, 2.45) is 0 Å². The molecule has 1 aliphatic heterocycles. The number of ether oxygens (including phenoxy) is 1. The molecule has 18 heavy (non-hydrogen) atoms. The second-order valence-corrected chi connectivity index (χ2v) is 5.42. The lowest BCUT2D eigenvalue weighted by Crippen LogP contribution is -2.14. The fourth-order valence-electron chi connectivity index (χ4n) is 1.42. The highest BCUT2D eigenvalue weighted by Gasteiger charge is 2.16. The first-order valence-electron chi connectivity index (χ1n) is 5.15. The summed E-state index contributed by atoms with van der Waals surface area (Å²) in [5, 5.41) is 12.4. The van der Waals surface area contributed by atoms with Crippen LogP contribution < -0.4 is 0 Å². The number of esters is 1. The maximum absolute atomic E-state index is 11.7. The Morgan fingerprint density at radius 3 is 2.89 bits per heavy atom. The molecular weight excluding hydrogens is 272 g/mol. The van der Waals surface area contributed by atoms with Crippen molar-refractivity contribution in [3.8, 4) is 0 Å². The summed E-state index contributed by atoms with van der Waals surface area (Å²) in [6.07, 6.45) is 6.06. The van der Waals surface area contributed by atoms with Crippen molar-refractivity contribution in [2.75, 3.05) is 6.61 Å². The number of aliphatic carboxylic acids is 1. The molecule has 0 fully saturated rings. The Labute approximate surface area is 112 Å². The summed E-state index contributed by atoms with van der Waals surface area (Å²) in [4.78, 5) is 24.2. The molecule has 0 radical (unpaired) electrons. The summed E-state index contributed by atoms with van der Waals surface area (Å²) < 4.78 is 4.66. The van der Waals surface area contributed by atoms with Crippen LogP contribution in [0.25, 0.3) is 0 Å². The Bertz CT molecular complexity index is 500. The van der Waals surface area contributed by atoms with E-state index in [1.54, 1.807) is 35.7 Å². The number of carboxylic acids is 1. The van der Waals surface area contributed by atoms with Crippen molar-refractivity contribution < 1.29 is 19.4 Å². The Morgan fingerprint density at radius 2 is 2.11 bits per heavy atom. The fraction of sp³-hybridized carbons (Fsp3) is 0.167. The van der Waals surface area contributed by atoms with E-state index < -0.39 is 18.5 Å². The van der Waals surface area contributed by atoms with Gasteiger partial charge in [0.25, 0.3) is 0 Å². The first-order chi connectivity index (χ1) is 8.66. The van der Waals surface area contributed by atoms with E-state index >= 15 is 0 Å². The average Bonchev–Trinajstić information content (AvgIpc) is 2.57. The molecule has 0 bridgehead atoms. The third kappa shape index (κ3) is 3.30. The summed E-state index contributed by atoms with van der Waals surface area (Å²) in [6, 6.07) is 0. The highest BCUT2D eigenvalue weighted by molar-refractivity contribution is 8.12. The van der Waals surface area contributed by atoms with E-state index in [1.807, 2.05) is 16.9 Å². The summed E-state index contributed by atoms with van der Waals surface area (Å²) >= 11 is 3.17. The van der Waals surface area contributed by atoms with Crippen molar-refractivity contribution in [3.05, 3.63) is 44.4 Å². The zero-order chi connectivity index (χ0) is 13.0. The highest BCUT2D eigenvalue weighted by atomic mass is 32.2. The molecule has 94 valence electrons. The van der Waals surface area contributed by atoms with Gasteiger partial charge in [-0.2, -0.15) is 0 Å². The van der Waals surface area contributed by atoms with Gasteiger partial charge in [0.2, 0.25) is 0 Å². The number of carbonyl (C=O) groups excluding carboxylic acids is 1. The molecule has 0 saturated carbocycles. The normalized spacial score (nSPS) is 17.9. The van der Waals surface area contributed by atoms with Crippen molar-refractivity contribution in [2.45, 2.75) is 6.42 Å². The van der Waals surface area contributed by atoms with Crippen LogP contribution in [-0.4, -0.2) is 23.7 Å². The van der Waals surface area contributed by atoms with E-state index in [2.05, 4.69) is 4.74 Å². The van der Waals surface area contributed by atoms with Crippen LogP contribution in [0, 0.1) is 0 Å². The van der Waals surface area contributed by atoms with Crippen molar-refractivity contribution >= 4 is 35.5 Å². The highest BCUT2D eigenvalue weighted by Crippen LogP contribution is 2.39. The van der Waals surface area contributed by atoms with E-state index in [0.29, 0.717) is 5.57 Å². The van der Waals surface area contributed by atoms with E-state index in [0.717, 1.165) is 11.3 Å². The number of allylic oxidation sites excluding steroid dienone is 3. The van der Waals surface area contributed by atoms with Gasteiger partial charge in [0.05, 0.1) is 5.57 Å². The maximum atomic E-state index is 11.7.